The lowest BCUT2D eigenvalue weighted by atomic mass is 10.2. The summed E-state index contributed by atoms with van der Waals surface area (Å²) in [4.78, 5) is 23.3. The predicted molar refractivity (Wildman–Crippen MR) is 74.8 cm³/mol. The summed E-state index contributed by atoms with van der Waals surface area (Å²) in [6, 6.07) is 4.15. The van der Waals surface area contributed by atoms with Gasteiger partial charge in [0, 0.05) is 10.5 Å². The van der Waals surface area contributed by atoms with E-state index in [2.05, 4.69) is 21.2 Å². The maximum Gasteiger partial charge on any atom is 0.341 e. The standard InChI is InChI=1S/C14H15BrFNO3/c15-9-5-6-12(16)11(7-9)14(19)20-8-13(18)17-10-3-1-2-4-10/h5-7,10H,1-4,8H2,(H,17,18). The van der Waals surface area contributed by atoms with Crippen LogP contribution >= 0.6 is 15.9 Å². The number of hydrogen-bond acceptors (Lipinski definition) is 3. The van der Waals surface area contributed by atoms with E-state index in [0.717, 1.165) is 25.7 Å². The normalized spacial score (nSPS) is 15.1. The van der Waals surface area contributed by atoms with E-state index in [1.165, 1.54) is 18.2 Å². The van der Waals surface area contributed by atoms with Gasteiger partial charge >= 0.3 is 5.97 Å². The number of halogens is 2. The molecular formula is C14H15BrFNO3. The van der Waals surface area contributed by atoms with E-state index in [9.17, 15) is 14.0 Å². The van der Waals surface area contributed by atoms with Gasteiger partial charge in [0.25, 0.3) is 5.91 Å². The fraction of sp³-hybridized carbons (Fsp3) is 0.429. The zero-order valence-corrected chi connectivity index (χ0v) is 12.4. The van der Waals surface area contributed by atoms with Gasteiger partial charge in [0.2, 0.25) is 0 Å². The third-order valence-corrected chi connectivity index (χ3v) is 3.70. The lowest BCUT2D eigenvalue weighted by Gasteiger charge is -2.12. The largest absolute Gasteiger partial charge is 0.452 e. The number of carbonyl (C=O) groups excluding carboxylic acids is 2. The number of carbonyl (C=O) groups is 2. The first kappa shape index (κ1) is 15.0. The molecule has 0 spiro atoms. The predicted octanol–water partition coefficient (Wildman–Crippen LogP) is 2.80. The second-order valence-corrected chi connectivity index (χ2v) is 5.66. The summed E-state index contributed by atoms with van der Waals surface area (Å²) in [7, 11) is 0. The summed E-state index contributed by atoms with van der Waals surface area (Å²) < 4.78 is 18.8. The minimum absolute atomic E-state index is 0.170. The Morgan fingerprint density at radius 1 is 1.35 bits per heavy atom. The molecule has 0 aromatic heterocycles. The van der Waals surface area contributed by atoms with Crippen molar-refractivity contribution in [1.82, 2.24) is 5.32 Å². The number of amides is 1. The van der Waals surface area contributed by atoms with Crippen LogP contribution in [0.15, 0.2) is 22.7 Å². The highest BCUT2D eigenvalue weighted by Crippen LogP contribution is 2.18. The molecule has 2 rings (SSSR count). The van der Waals surface area contributed by atoms with E-state index in [-0.39, 0.29) is 24.1 Å². The quantitative estimate of drug-likeness (QED) is 0.855. The maximum atomic E-state index is 13.4. The number of esters is 1. The molecule has 108 valence electrons. The first-order valence-electron chi connectivity index (χ1n) is 6.48. The minimum atomic E-state index is -0.842. The van der Waals surface area contributed by atoms with Gasteiger partial charge in [-0.15, -0.1) is 0 Å². The lowest BCUT2D eigenvalue weighted by Crippen LogP contribution is -2.36. The summed E-state index contributed by atoms with van der Waals surface area (Å²) >= 11 is 3.15. The van der Waals surface area contributed by atoms with Crippen LogP contribution in [-0.2, 0) is 9.53 Å². The van der Waals surface area contributed by atoms with Crippen molar-refractivity contribution in [2.75, 3.05) is 6.61 Å². The van der Waals surface area contributed by atoms with Crippen LogP contribution in [0.25, 0.3) is 0 Å². The number of rotatable bonds is 4. The highest BCUT2D eigenvalue weighted by molar-refractivity contribution is 9.10. The Morgan fingerprint density at radius 3 is 2.75 bits per heavy atom. The van der Waals surface area contributed by atoms with E-state index in [4.69, 9.17) is 4.74 Å². The number of benzene rings is 1. The van der Waals surface area contributed by atoms with E-state index in [0.29, 0.717) is 4.47 Å². The highest BCUT2D eigenvalue weighted by atomic mass is 79.9. The molecule has 1 N–H and O–H groups in total. The Bertz CT molecular complexity index is 515. The maximum absolute atomic E-state index is 13.4. The molecule has 0 saturated heterocycles. The molecule has 20 heavy (non-hydrogen) atoms. The van der Waals surface area contributed by atoms with Crippen molar-refractivity contribution in [1.29, 1.82) is 0 Å². The smallest absolute Gasteiger partial charge is 0.341 e. The zero-order chi connectivity index (χ0) is 14.5. The van der Waals surface area contributed by atoms with Crippen LogP contribution in [0.1, 0.15) is 36.0 Å². The summed E-state index contributed by atoms with van der Waals surface area (Å²) in [6.45, 7) is -0.388. The molecule has 1 fully saturated rings. The van der Waals surface area contributed by atoms with Crippen LogP contribution in [0.3, 0.4) is 0 Å². The SMILES string of the molecule is O=C(COC(=O)c1cc(Br)ccc1F)NC1CCCC1. The second-order valence-electron chi connectivity index (χ2n) is 4.75. The lowest BCUT2D eigenvalue weighted by molar-refractivity contribution is -0.124. The van der Waals surface area contributed by atoms with Crippen molar-refractivity contribution in [2.45, 2.75) is 31.7 Å². The molecule has 4 nitrogen and oxygen atoms in total. The van der Waals surface area contributed by atoms with Crippen LogP contribution in [0.2, 0.25) is 0 Å². The highest BCUT2D eigenvalue weighted by Gasteiger charge is 2.19. The molecule has 0 atom stereocenters. The van der Waals surface area contributed by atoms with E-state index in [1.807, 2.05) is 0 Å². The van der Waals surface area contributed by atoms with E-state index in [1.54, 1.807) is 0 Å². The van der Waals surface area contributed by atoms with E-state index < -0.39 is 11.8 Å². The van der Waals surface area contributed by atoms with Crippen LogP contribution in [0, 0.1) is 5.82 Å². The molecule has 0 radical (unpaired) electrons. The monoisotopic (exact) mass is 343 g/mol. The fourth-order valence-corrected chi connectivity index (χ4v) is 2.56. The van der Waals surface area contributed by atoms with Crippen molar-refractivity contribution >= 4 is 27.8 Å². The fourth-order valence-electron chi connectivity index (χ4n) is 2.20. The van der Waals surface area contributed by atoms with E-state index >= 15 is 0 Å². The van der Waals surface area contributed by atoms with Crippen LogP contribution in [0.5, 0.6) is 0 Å². The summed E-state index contributed by atoms with van der Waals surface area (Å²) in [5.41, 5.74) is -0.187. The number of nitrogens with one attached hydrogen (secondary N) is 1. The molecule has 1 amide bonds. The molecule has 1 aromatic rings. The third-order valence-electron chi connectivity index (χ3n) is 3.20. The van der Waals surface area contributed by atoms with Crippen molar-refractivity contribution in [3.8, 4) is 0 Å². The molecule has 1 aliphatic rings. The number of ether oxygens (including phenoxy) is 1. The molecule has 0 aliphatic heterocycles. The van der Waals surface area contributed by atoms with Gasteiger partial charge in [0.1, 0.15) is 5.82 Å². The second kappa shape index (κ2) is 6.83. The molecule has 6 heteroatoms. The Balaban J connectivity index is 1.85. The third kappa shape index (κ3) is 4.03. The van der Waals surface area contributed by atoms with Gasteiger partial charge in [-0.25, -0.2) is 9.18 Å². The van der Waals surface area contributed by atoms with Gasteiger partial charge in [-0.05, 0) is 31.0 Å². The Kier molecular flexibility index (Phi) is 5.11. The molecule has 0 unspecified atom stereocenters. The van der Waals surface area contributed by atoms with Crippen molar-refractivity contribution in [3.05, 3.63) is 34.1 Å². The number of hydrogen-bond donors (Lipinski definition) is 1. The summed E-state index contributed by atoms with van der Waals surface area (Å²) in [5.74, 6) is -1.86. The molecule has 1 aromatic carbocycles. The summed E-state index contributed by atoms with van der Waals surface area (Å²) in [5, 5.41) is 2.79. The molecule has 1 aliphatic carbocycles. The van der Waals surface area contributed by atoms with Gasteiger partial charge in [-0.2, -0.15) is 0 Å². The Labute approximate surface area is 124 Å². The average molecular weight is 344 g/mol. The van der Waals surface area contributed by atoms with Crippen molar-refractivity contribution in [3.63, 3.8) is 0 Å². The average Bonchev–Trinajstić information content (AvgIpc) is 2.91. The topological polar surface area (TPSA) is 55.4 Å². The molecular weight excluding hydrogens is 329 g/mol. The first-order valence-corrected chi connectivity index (χ1v) is 7.27. The van der Waals surface area contributed by atoms with Gasteiger partial charge in [-0.1, -0.05) is 28.8 Å². The first-order chi connectivity index (χ1) is 9.56. The summed E-state index contributed by atoms with van der Waals surface area (Å²) in [6.07, 6.45) is 4.13. The zero-order valence-electron chi connectivity index (χ0n) is 10.8. The minimum Gasteiger partial charge on any atom is -0.452 e. The molecule has 1 saturated carbocycles. The van der Waals surface area contributed by atoms with Gasteiger partial charge in [0.15, 0.2) is 6.61 Å². The van der Waals surface area contributed by atoms with Crippen LogP contribution < -0.4 is 5.32 Å². The van der Waals surface area contributed by atoms with Crippen LogP contribution in [-0.4, -0.2) is 24.5 Å². The van der Waals surface area contributed by atoms with Crippen molar-refractivity contribution < 1.29 is 18.7 Å². The van der Waals surface area contributed by atoms with Gasteiger partial charge < -0.3 is 10.1 Å². The van der Waals surface area contributed by atoms with Crippen molar-refractivity contribution in [2.24, 2.45) is 0 Å². The molecule has 0 heterocycles. The van der Waals surface area contributed by atoms with Crippen LogP contribution in [0.4, 0.5) is 4.39 Å². The Hall–Kier alpha value is -1.43. The van der Waals surface area contributed by atoms with Gasteiger partial charge in [0.05, 0.1) is 5.56 Å². The Morgan fingerprint density at radius 2 is 2.05 bits per heavy atom. The van der Waals surface area contributed by atoms with Gasteiger partial charge in [-0.3, -0.25) is 4.79 Å². The molecule has 0 bridgehead atoms.